The molecule has 0 fully saturated rings. The van der Waals surface area contributed by atoms with E-state index in [9.17, 15) is 0 Å². The molecule has 0 spiro atoms. The lowest BCUT2D eigenvalue weighted by Gasteiger charge is -2.10. The molecule has 0 radical (unpaired) electrons. The fraction of sp³-hybridized carbons (Fsp3) is 0.227. The summed E-state index contributed by atoms with van der Waals surface area (Å²) >= 11 is 0. The van der Waals surface area contributed by atoms with E-state index in [1.54, 1.807) is 0 Å². The third-order valence-corrected chi connectivity index (χ3v) is 4.43. The van der Waals surface area contributed by atoms with Crippen molar-refractivity contribution in [3.8, 4) is 5.69 Å². The van der Waals surface area contributed by atoms with Crippen LogP contribution in [0.15, 0.2) is 53.5 Å². The molecular weight excluding hydrogens is 292 g/mol. The zero-order valence-electron chi connectivity index (χ0n) is 15.1. The third-order valence-electron chi connectivity index (χ3n) is 4.43. The molecule has 0 N–H and O–H groups in total. The second kappa shape index (κ2) is 6.48. The molecule has 0 amide bonds. The Morgan fingerprint density at radius 2 is 1.58 bits per heavy atom. The second-order valence-corrected chi connectivity index (χ2v) is 6.55. The van der Waals surface area contributed by atoms with E-state index in [1.165, 1.54) is 33.8 Å². The Balaban J connectivity index is 1.98. The quantitative estimate of drug-likeness (QED) is 0.546. The number of hydrogen-bond acceptors (Lipinski definition) is 1. The molecule has 0 saturated carbocycles. The summed E-state index contributed by atoms with van der Waals surface area (Å²) in [4.78, 5) is 4.71. The van der Waals surface area contributed by atoms with Crippen molar-refractivity contribution in [3.63, 3.8) is 0 Å². The van der Waals surface area contributed by atoms with Crippen molar-refractivity contribution in [2.24, 2.45) is 4.99 Å². The van der Waals surface area contributed by atoms with Gasteiger partial charge in [-0.05, 0) is 70.0 Å². The monoisotopic (exact) mass is 316 g/mol. The van der Waals surface area contributed by atoms with Gasteiger partial charge in [0.1, 0.15) is 0 Å². The van der Waals surface area contributed by atoms with Crippen LogP contribution in [0.2, 0.25) is 0 Å². The molecule has 0 aliphatic heterocycles. The first-order valence-corrected chi connectivity index (χ1v) is 8.33. The fourth-order valence-electron chi connectivity index (χ4n) is 3.17. The largest absolute Gasteiger partial charge is 0.318 e. The first kappa shape index (κ1) is 16.3. The molecule has 2 aromatic carbocycles. The summed E-state index contributed by atoms with van der Waals surface area (Å²) in [6, 6.07) is 17.2. The fourth-order valence-corrected chi connectivity index (χ4v) is 3.17. The SMILES string of the molecule is Cc1cccc(-n2c(C)cc(C=Nc3ccc(C)cc3C)c2C)c1. The van der Waals surface area contributed by atoms with Crippen LogP contribution in [0.1, 0.15) is 33.6 Å². The van der Waals surface area contributed by atoms with Gasteiger partial charge in [-0.1, -0.05) is 29.8 Å². The summed E-state index contributed by atoms with van der Waals surface area (Å²) in [6.45, 7) is 10.6. The van der Waals surface area contributed by atoms with Crippen molar-refractivity contribution in [2.45, 2.75) is 34.6 Å². The van der Waals surface area contributed by atoms with Crippen LogP contribution in [-0.2, 0) is 0 Å². The molecule has 0 aliphatic carbocycles. The molecule has 2 nitrogen and oxygen atoms in total. The minimum atomic E-state index is 1.03. The average molecular weight is 316 g/mol. The van der Waals surface area contributed by atoms with E-state index in [0.717, 1.165) is 11.3 Å². The molecule has 1 aromatic heterocycles. The van der Waals surface area contributed by atoms with Gasteiger partial charge in [0, 0.05) is 28.9 Å². The van der Waals surface area contributed by atoms with Crippen molar-refractivity contribution in [1.29, 1.82) is 0 Å². The van der Waals surface area contributed by atoms with E-state index in [-0.39, 0.29) is 0 Å². The van der Waals surface area contributed by atoms with Crippen LogP contribution in [0, 0.1) is 34.6 Å². The van der Waals surface area contributed by atoms with Gasteiger partial charge in [-0.3, -0.25) is 4.99 Å². The van der Waals surface area contributed by atoms with Crippen LogP contribution in [-0.4, -0.2) is 10.8 Å². The van der Waals surface area contributed by atoms with Crippen LogP contribution in [0.5, 0.6) is 0 Å². The Kier molecular flexibility index (Phi) is 4.39. The zero-order chi connectivity index (χ0) is 17.3. The highest BCUT2D eigenvalue weighted by atomic mass is 15.0. The number of rotatable bonds is 3. The van der Waals surface area contributed by atoms with Crippen molar-refractivity contribution in [2.75, 3.05) is 0 Å². The summed E-state index contributed by atoms with van der Waals surface area (Å²) in [7, 11) is 0. The molecule has 0 bridgehead atoms. The molecule has 3 aromatic rings. The summed E-state index contributed by atoms with van der Waals surface area (Å²) in [6.07, 6.45) is 1.98. The summed E-state index contributed by atoms with van der Waals surface area (Å²) in [5, 5.41) is 0. The van der Waals surface area contributed by atoms with Crippen molar-refractivity contribution >= 4 is 11.9 Å². The van der Waals surface area contributed by atoms with Crippen molar-refractivity contribution in [1.82, 2.24) is 4.57 Å². The molecule has 122 valence electrons. The molecule has 0 unspecified atom stereocenters. The highest BCUT2D eigenvalue weighted by molar-refractivity contribution is 5.84. The average Bonchev–Trinajstić information content (AvgIpc) is 2.80. The highest BCUT2D eigenvalue weighted by Crippen LogP contribution is 2.23. The summed E-state index contributed by atoms with van der Waals surface area (Å²) < 4.78 is 2.29. The highest BCUT2D eigenvalue weighted by Gasteiger charge is 2.09. The molecule has 0 aliphatic rings. The summed E-state index contributed by atoms with van der Waals surface area (Å²) in [5.74, 6) is 0. The predicted octanol–water partition coefficient (Wildman–Crippen LogP) is 5.77. The van der Waals surface area contributed by atoms with Crippen molar-refractivity contribution < 1.29 is 0 Å². The smallest absolute Gasteiger partial charge is 0.0659 e. The Bertz CT molecular complexity index is 914. The van der Waals surface area contributed by atoms with Crippen LogP contribution < -0.4 is 0 Å². The van der Waals surface area contributed by atoms with Gasteiger partial charge in [0.05, 0.1) is 5.69 Å². The Morgan fingerprint density at radius 1 is 0.833 bits per heavy atom. The van der Waals surface area contributed by atoms with Crippen LogP contribution in [0.3, 0.4) is 0 Å². The lowest BCUT2D eigenvalue weighted by molar-refractivity contribution is 0.963. The Labute approximate surface area is 144 Å². The van der Waals surface area contributed by atoms with Crippen LogP contribution in [0.25, 0.3) is 5.69 Å². The molecular formula is C22H24N2. The van der Waals surface area contributed by atoms with Crippen molar-refractivity contribution in [3.05, 3.63) is 82.2 Å². The normalized spacial score (nSPS) is 11.4. The molecule has 24 heavy (non-hydrogen) atoms. The summed E-state index contributed by atoms with van der Waals surface area (Å²) in [5.41, 5.74) is 9.58. The molecule has 1 heterocycles. The van der Waals surface area contributed by atoms with E-state index >= 15 is 0 Å². The number of aromatic nitrogens is 1. The van der Waals surface area contributed by atoms with E-state index in [1.807, 2.05) is 6.21 Å². The van der Waals surface area contributed by atoms with E-state index in [2.05, 4.69) is 87.7 Å². The number of hydrogen-bond donors (Lipinski definition) is 0. The predicted molar refractivity (Wildman–Crippen MR) is 103 cm³/mol. The number of aryl methyl sites for hydroxylation is 4. The molecule has 0 saturated heterocycles. The third kappa shape index (κ3) is 3.18. The molecule has 0 atom stereocenters. The van der Waals surface area contributed by atoms with Gasteiger partial charge in [-0.15, -0.1) is 0 Å². The minimum Gasteiger partial charge on any atom is -0.318 e. The number of aliphatic imine (C=N–C) groups is 1. The number of benzene rings is 2. The molecule has 2 heteroatoms. The van der Waals surface area contributed by atoms with Crippen LogP contribution in [0.4, 0.5) is 5.69 Å². The van der Waals surface area contributed by atoms with Gasteiger partial charge in [0.25, 0.3) is 0 Å². The van der Waals surface area contributed by atoms with E-state index in [4.69, 9.17) is 4.99 Å². The van der Waals surface area contributed by atoms with E-state index < -0.39 is 0 Å². The maximum absolute atomic E-state index is 4.71. The molecule has 3 rings (SSSR count). The van der Waals surface area contributed by atoms with Gasteiger partial charge in [-0.2, -0.15) is 0 Å². The second-order valence-electron chi connectivity index (χ2n) is 6.55. The standard InChI is InChI=1S/C22H24N2/c1-15-7-6-8-21(12-15)24-18(4)13-20(19(24)5)14-23-22-10-9-16(2)11-17(22)3/h6-14H,1-5H3. The van der Waals surface area contributed by atoms with Gasteiger partial charge in [0.15, 0.2) is 0 Å². The van der Waals surface area contributed by atoms with Gasteiger partial charge in [0.2, 0.25) is 0 Å². The van der Waals surface area contributed by atoms with Gasteiger partial charge >= 0.3 is 0 Å². The van der Waals surface area contributed by atoms with Crippen LogP contribution >= 0.6 is 0 Å². The van der Waals surface area contributed by atoms with Gasteiger partial charge < -0.3 is 4.57 Å². The minimum absolute atomic E-state index is 1.03. The topological polar surface area (TPSA) is 17.3 Å². The first-order chi connectivity index (χ1) is 11.5. The maximum Gasteiger partial charge on any atom is 0.0659 e. The Hall–Kier alpha value is -2.61. The lowest BCUT2D eigenvalue weighted by atomic mass is 10.1. The number of nitrogens with zero attached hydrogens (tertiary/aromatic N) is 2. The maximum atomic E-state index is 4.71. The van der Waals surface area contributed by atoms with E-state index in [0.29, 0.717) is 0 Å². The Morgan fingerprint density at radius 3 is 2.29 bits per heavy atom. The lowest BCUT2D eigenvalue weighted by Crippen LogP contribution is -1.99. The zero-order valence-corrected chi connectivity index (χ0v) is 15.1. The van der Waals surface area contributed by atoms with Gasteiger partial charge in [-0.25, -0.2) is 0 Å². The first-order valence-electron chi connectivity index (χ1n) is 8.33.